The van der Waals surface area contributed by atoms with E-state index in [0.29, 0.717) is 23.2 Å². The maximum Gasteiger partial charge on any atom is 0.250 e. The van der Waals surface area contributed by atoms with Crippen LogP contribution in [-0.4, -0.2) is 48.0 Å². The van der Waals surface area contributed by atoms with Crippen molar-refractivity contribution in [3.05, 3.63) is 41.7 Å². The van der Waals surface area contributed by atoms with E-state index in [1.165, 1.54) is 6.07 Å². The first-order valence-corrected chi connectivity index (χ1v) is 9.99. The minimum atomic E-state index is -0.630. The van der Waals surface area contributed by atoms with Gasteiger partial charge in [-0.25, -0.2) is 4.39 Å². The fourth-order valence-electron chi connectivity index (χ4n) is 5.09. The van der Waals surface area contributed by atoms with Gasteiger partial charge in [-0.1, -0.05) is 24.1 Å². The number of amides is 1. The van der Waals surface area contributed by atoms with Crippen molar-refractivity contribution in [1.29, 1.82) is 0 Å². The van der Waals surface area contributed by atoms with Crippen molar-refractivity contribution in [3.8, 4) is 11.8 Å². The van der Waals surface area contributed by atoms with E-state index in [-0.39, 0.29) is 5.56 Å². The monoisotopic (exact) mass is 390 g/mol. The fraction of sp³-hybridized carbons (Fsp3) is 0.348. The molecular formula is C23H23FN4O. The molecule has 2 aromatic carbocycles. The van der Waals surface area contributed by atoms with Crippen LogP contribution in [0.3, 0.4) is 0 Å². The predicted molar refractivity (Wildman–Crippen MR) is 113 cm³/mol. The van der Waals surface area contributed by atoms with Gasteiger partial charge in [-0.3, -0.25) is 9.69 Å². The van der Waals surface area contributed by atoms with Crippen molar-refractivity contribution < 1.29 is 9.18 Å². The molecule has 3 heterocycles. The zero-order valence-corrected chi connectivity index (χ0v) is 16.3. The van der Waals surface area contributed by atoms with Gasteiger partial charge in [0.1, 0.15) is 5.82 Å². The molecule has 2 atom stereocenters. The molecule has 2 fully saturated rings. The Morgan fingerprint density at radius 3 is 2.97 bits per heavy atom. The van der Waals surface area contributed by atoms with Crippen LogP contribution in [-0.2, 0) is 0 Å². The number of nitrogens with zero attached hydrogens (tertiary/aromatic N) is 2. The first-order chi connectivity index (χ1) is 14.1. The van der Waals surface area contributed by atoms with Crippen LogP contribution in [0.1, 0.15) is 23.7 Å². The first-order valence-electron chi connectivity index (χ1n) is 9.99. The third-order valence-electron chi connectivity index (χ3n) is 6.41. The van der Waals surface area contributed by atoms with Crippen LogP contribution in [0, 0.1) is 23.6 Å². The van der Waals surface area contributed by atoms with Gasteiger partial charge in [0.15, 0.2) is 0 Å². The van der Waals surface area contributed by atoms with Crippen LogP contribution >= 0.6 is 0 Å². The van der Waals surface area contributed by atoms with E-state index in [1.807, 2.05) is 31.2 Å². The molecule has 2 aliphatic rings. The van der Waals surface area contributed by atoms with Crippen molar-refractivity contribution in [2.75, 3.05) is 31.1 Å². The quantitative estimate of drug-likeness (QED) is 0.676. The van der Waals surface area contributed by atoms with E-state index in [1.54, 1.807) is 0 Å². The summed E-state index contributed by atoms with van der Waals surface area (Å²) >= 11 is 0. The summed E-state index contributed by atoms with van der Waals surface area (Å²) in [6, 6.07) is 9.41. The number of likely N-dealkylation sites (tertiary alicyclic amines) is 1. The predicted octanol–water partition coefficient (Wildman–Crippen LogP) is 3.09. The number of hydrogen-bond acceptors (Lipinski definition) is 3. The van der Waals surface area contributed by atoms with Crippen molar-refractivity contribution in [2.45, 2.75) is 19.4 Å². The number of hydrogen-bond donors (Lipinski definition) is 2. The summed E-state index contributed by atoms with van der Waals surface area (Å²) in [5, 5.41) is 1.65. The third kappa shape index (κ3) is 2.77. The molecule has 29 heavy (non-hydrogen) atoms. The molecule has 0 saturated carbocycles. The summed E-state index contributed by atoms with van der Waals surface area (Å²) < 4.78 is 15.4. The molecule has 5 rings (SSSR count). The van der Waals surface area contributed by atoms with E-state index >= 15 is 4.39 Å². The lowest BCUT2D eigenvalue weighted by atomic mass is 10.0. The second-order valence-corrected chi connectivity index (χ2v) is 7.96. The fourth-order valence-corrected chi connectivity index (χ4v) is 5.09. The zero-order valence-electron chi connectivity index (χ0n) is 16.3. The molecule has 0 bridgehead atoms. The summed E-state index contributed by atoms with van der Waals surface area (Å²) in [5.41, 5.74) is 7.80. The molecule has 5 nitrogen and oxygen atoms in total. The summed E-state index contributed by atoms with van der Waals surface area (Å²) in [4.78, 5) is 19.8. The molecule has 2 aliphatic heterocycles. The molecule has 2 saturated heterocycles. The second kappa shape index (κ2) is 6.78. The van der Waals surface area contributed by atoms with Crippen molar-refractivity contribution in [2.24, 2.45) is 11.7 Å². The molecule has 2 unspecified atom stereocenters. The SMILES string of the molecule is CC#CCN1CCC2CN(c3c(F)cc(C(N)=O)c4[nH]c5ccccc5c34)CC21. The van der Waals surface area contributed by atoms with Gasteiger partial charge < -0.3 is 15.6 Å². The summed E-state index contributed by atoms with van der Waals surface area (Å²) in [6.45, 7) is 5.23. The van der Waals surface area contributed by atoms with E-state index in [2.05, 4.69) is 26.6 Å². The van der Waals surface area contributed by atoms with Gasteiger partial charge in [-0.2, -0.15) is 0 Å². The second-order valence-electron chi connectivity index (χ2n) is 7.96. The van der Waals surface area contributed by atoms with Crippen molar-refractivity contribution >= 4 is 33.4 Å². The highest BCUT2D eigenvalue weighted by Crippen LogP contribution is 2.42. The number of primary amides is 1. The normalized spacial score (nSPS) is 21.5. The van der Waals surface area contributed by atoms with E-state index in [9.17, 15) is 4.79 Å². The van der Waals surface area contributed by atoms with E-state index < -0.39 is 11.7 Å². The summed E-state index contributed by atoms with van der Waals surface area (Å²) in [6.07, 6.45) is 1.10. The number of halogens is 1. The lowest BCUT2D eigenvalue weighted by Crippen LogP contribution is -2.35. The summed E-state index contributed by atoms with van der Waals surface area (Å²) in [7, 11) is 0. The smallest absolute Gasteiger partial charge is 0.250 e. The number of nitrogens with two attached hydrogens (primary N) is 1. The molecule has 0 radical (unpaired) electrons. The van der Waals surface area contributed by atoms with Gasteiger partial charge in [0.05, 0.1) is 23.3 Å². The Hall–Kier alpha value is -3.04. The Bertz CT molecular complexity index is 1190. The minimum Gasteiger partial charge on any atom is -0.367 e. The van der Waals surface area contributed by atoms with Crippen molar-refractivity contribution in [3.63, 3.8) is 0 Å². The van der Waals surface area contributed by atoms with Crippen molar-refractivity contribution in [1.82, 2.24) is 9.88 Å². The third-order valence-corrected chi connectivity index (χ3v) is 6.41. The largest absolute Gasteiger partial charge is 0.367 e. The lowest BCUT2D eigenvalue weighted by molar-refractivity contribution is 0.100. The number of para-hydroxylation sites is 1. The van der Waals surface area contributed by atoms with Gasteiger partial charge in [-0.15, -0.1) is 5.92 Å². The van der Waals surface area contributed by atoms with Crippen LogP contribution in [0.4, 0.5) is 10.1 Å². The minimum absolute atomic E-state index is 0.191. The highest BCUT2D eigenvalue weighted by atomic mass is 19.1. The molecular weight excluding hydrogens is 367 g/mol. The molecule has 0 spiro atoms. The highest BCUT2D eigenvalue weighted by molar-refractivity contribution is 6.19. The summed E-state index contributed by atoms with van der Waals surface area (Å²) in [5.74, 6) is 5.62. The van der Waals surface area contributed by atoms with Crippen LogP contribution in [0.2, 0.25) is 0 Å². The topological polar surface area (TPSA) is 65.4 Å². The number of nitrogens with one attached hydrogen (secondary N) is 1. The van der Waals surface area contributed by atoms with Crippen LogP contribution in [0.5, 0.6) is 0 Å². The van der Waals surface area contributed by atoms with Gasteiger partial charge in [-0.05, 0) is 37.9 Å². The number of aromatic nitrogens is 1. The van der Waals surface area contributed by atoms with Gasteiger partial charge in [0, 0.05) is 35.4 Å². The Morgan fingerprint density at radius 2 is 2.17 bits per heavy atom. The highest BCUT2D eigenvalue weighted by Gasteiger charge is 2.42. The number of aromatic amines is 1. The number of benzene rings is 2. The maximum atomic E-state index is 15.4. The molecule has 1 amide bonds. The van der Waals surface area contributed by atoms with Gasteiger partial charge >= 0.3 is 0 Å². The molecule has 1 aromatic heterocycles. The van der Waals surface area contributed by atoms with Gasteiger partial charge in [0.25, 0.3) is 5.91 Å². The number of fused-ring (bicyclic) bond motifs is 4. The Kier molecular flexibility index (Phi) is 4.21. The van der Waals surface area contributed by atoms with E-state index in [0.717, 1.165) is 48.9 Å². The molecule has 6 heteroatoms. The lowest BCUT2D eigenvalue weighted by Gasteiger charge is -2.25. The molecule has 148 valence electrons. The molecule has 3 N–H and O–H groups in total. The Morgan fingerprint density at radius 1 is 1.34 bits per heavy atom. The number of rotatable bonds is 3. The number of anilines is 1. The van der Waals surface area contributed by atoms with E-state index in [4.69, 9.17) is 5.73 Å². The standard InChI is InChI=1S/C23H23FN4O/c1-2-3-9-27-10-8-14-12-28(13-19(14)27)22-17(24)11-16(23(25)29)21-20(22)15-6-4-5-7-18(15)26-21/h4-7,11,14,19,26H,8-10,12-13H2,1H3,(H2,25,29). The Labute approximate surface area is 168 Å². The first kappa shape index (κ1) is 18.0. The average molecular weight is 390 g/mol. The Balaban J connectivity index is 1.64. The zero-order chi connectivity index (χ0) is 20.1. The van der Waals surface area contributed by atoms with Gasteiger partial charge in [0.2, 0.25) is 0 Å². The van der Waals surface area contributed by atoms with Crippen LogP contribution in [0.25, 0.3) is 21.8 Å². The molecule has 3 aromatic rings. The number of carbonyl (C=O) groups excluding carboxylic acids is 1. The maximum absolute atomic E-state index is 15.4. The molecule has 0 aliphatic carbocycles. The number of H-pyrrole nitrogens is 1. The average Bonchev–Trinajstić information content (AvgIpc) is 3.38. The van der Waals surface area contributed by atoms with Crippen LogP contribution < -0.4 is 10.6 Å². The number of carbonyl (C=O) groups is 1. The van der Waals surface area contributed by atoms with Crippen LogP contribution in [0.15, 0.2) is 30.3 Å².